The van der Waals surface area contributed by atoms with E-state index in [2.05, 4.69) is 5.32 Å². The number of carbonyl (C=O) groups is 2. The van der Waals surface area contributed by atoms with Gasteiger partial charge >= 0.3 is 0 Å². The second-order valence-electron chi connectivity index (χ2n) is 9.25. The minimum atomic E-state index is -4.00. The van der Waals surface area contributed by atoms with Crippen LogP contribution in [0.2, 0.25) is 5.02 Å². The average molecular weight is 510 g/mol. The molecule has 4 atom stereocenters. The van der Waals surface area contributed by atoms with Crippen LogP contribution in [0.3, 0.4) is 0 Å². The maximum absolute atomic E-state index is 14.6. The van der Waals surface area contributed by atoms with E-state index in [1.807, 2.05) is 0 Å². The zero-order valence-corrected chi connectivity index (χ0v) is 19.5. The molecule has 0 radical (unpaired) electrons. The number of sulfonamides is 1. The summed E-state index contributed by atoms with van der Waals surface area (Å²) in [5.74, 6) is -2.29. The van der Waals surface area contributed by atoms with Crippen molar-refractivity contribution in [2.75, 3.05) is 6.54 Å². The smallest absolute Gasteiger partial charge is 0.254 e. The molecule has 0 bridgehead atoms. The van der Waals surface area contributed by atoms with Crippen LogP contribution < -0.4 is 10.5 Å². The van der Waals surface area contributed by atoms with Crippen molar-refractivity contribution in [3.8, 4) is 0 Å². The monoisotopic (exact) mass is 509 g/mol. The van der Waals surface area contributed by atoms with E-state index >= 15 is 0 Å². The molecule has 3 N–H and O–H groups in total. The fourth-order valence-electron chi connectivity index (χ4n) is 4.88. The lowest BCUT2D eigenvalue weighted by Crippen LogP contribution is -2.49. The van der Waals surface area contributed by atoms with Gasteiger partial charge in [0.05, 0.1) is 16.0 Å². The van der Waals surface area contributed by atoms with E-state index in [0.717, 1.165) is 31.4 Å². The fraction of sp³-hybridized carbons (Fsp3) is 0.391. The summed E-state index contributed by atoms with van der Waals surface area (Å²) in [6, 6.07) is 5.75. The number of halogens is 3. The number of hydrogen-bond acceptors (Lipinski definition) is 4. The van der Waals surface area contributed by atoms with E-state index in [1.165, 1.54) is 29.2 Å². The number of piperidine rings is 1. The van der Waals surface area contributed by atoms with Crippen LogP contribution in [0.5, 0.6) is 0 Å². The first-order valence-corrected chi connectivity index (χ1v) is 12.9. The molecule has 3 aliphatic rings. The SMILES string of the molecule is NS(=O)(=O)c1cccc(C(=O)N2C[C@H]3C[C@H]3[C@@H]2C(=O)NC(c2cc(F)c(Cl)cc2F)C2CC2)c1. The summed E-state index contributed by atoms with van der Waals surface area (Å²) in [6.45, 7) is 0.360. The number of amides is 2. The van der Waals surface area contributed by atoms with E-state index < -0.39 is 45.6 Å². The van der Waals surface area contributed by atoms with Crippen molar-refractivity contribution >= 4 is 33.4 Å². The topological polar surface area (TPSA) is 110 Å². The number of hydrogen-bond donors (Lipinski definition) is 2. The Labute approximate surface area is 200 Å². The van der Waals surface area contributed by atoms with Crippen molar-refractivity contribution in [3.63, 3.8) is 0 Å². The van der Waals surface area contributed by atoms with Gasteiger partial charge in [-0.15, -0.1) is 0 Å². The van der Waals surface area contributed by atoms with Crippen molar-refractivity contribution in [2.45, 2.75) is 36.2 Å². The number of carbonyl (C=O) groups excluding carboxylic acids is 2. The molecular weight excluding hydrogens is 488 g/mol. The molecule has 34 heavy (non-hydrogen) atoms. The first kappa shape index (κ1) is 23.2. The van der Waals surface area contributed by atoms with Gasteiger partial charge in [0.2, 0.25) is 15.9 Å². The summed E-state index contributed by atoms with van der Waals surface area (Å²) < 4.78 is 52.0. The molecular formula is C23H22ClF2N3O4S. The van der Waals surface area contributed by atoms with Crippen LogP contribution in [0.25, 0.3) is 0 Å². The lowest BCUT2D eigenvalue weighted by atomic mass is 10.00. The largest absolute Gasteiger partial charge is 0.347 e. The molecule has 2 amide bonds. The molecule has 2 aliphatic carbocycles. The van der Waals surface area contributed by atoms with Crippen LogP contribution >= 0.6 is 11.6 Å². The van der Waals surface area contributed by atoms with E-state index in [-0.39, 0.29) is 38.8 Å². The van der Waals surface area contributed by atoms with Gasteiger partial charge in [-0.1, -0.05) is 17.7 Å². The average Bonchev–Trinajstić information content (AvgIpc) is 3.71. The van der Waals surface area contributed by atoms with Crippen LogP contribution in [0.1, 0.15) is 41.2 Å². The zero-order chi connectivity index (χ0) is 24.4. The zero-order valence-electron chi connectivity index (χ0n) is 17.9. The first-order valence-electron chi connectivity index (χ1n) is 10.9. The Balaban J connectivity index is 1.40. The maximum Gasteiger partial charge on any atom is 0.254 e. The molecule has 2 saturated carbocycles. The number of benzene rings is 2. The lowest BCUT2D eigenvalue weighted by Gasteiger charge is -2.29. The highest BCUT2D eigenvalue weighted by Crippen LogP contribution is 2.50. The van der Waals surface area contributed by atoms with Crippen molar-refractivity contribution in [3.05, 3.63) is 64.2 Å². The molecule has 180 valence electrons. The highest BCUT2D eigenvalue weighted by Gasteiger charge is 2.57. The molecule has 2 aromatic rings. The van der Waals surface area contributed by atoms with E-state index in [1.54, 1.807) is 0 Å². The quantitative estimate of drug-likeness (QED) is 0.583. The number of likely N-dealkylation sites (tertiary alicyclic amines) is 1. The van der Waals surface area contributed by atoms with Crippen LogP contribution in [0.15, 0.2) is 41.3 Å². The minimum absolute atomic E-state index is 0.0295. The Kier molecular flexibility index (Phi) is 5.65. The predicted octanol–water partition coefficient (Wildman–Crippen LogP) is 2.99. The molecule has 0 spiro atoms. The van der Waals surface area contributed by atoms with Gasteiger partial charge < -0.3 is 10.2 Å². The standard InChI is InChI=1S/C23H22ClF2N3O4S/c24-17-9-18(25)16(8-19(17)26)20(11-4-5-11)28-22(30)21-15-7-13(15)10-29(21)23(31)12-2-1-3-14(6-12)34(27,32)33/h1-3,6,8-9,11,13,15,20-21H,4-5,7,10H2,(H,28,30)(H2,27,32,33)/t13-,15-,20?,21-/m1/s1. The normalized spacial score (nSPS) is 24.5. The summed E-state index contributed by atoms with van der Waals surface area (Å²) in [5, 5.41) is 7.70. The molecule has 3 fully saturated rings. The molecule has 2 aromatic carbocycles. The molecule has 1 unspecified atom stereocenters. The summed E-state index contributed by atoms with van der Waals surface area (Å²) in [6.07, 6.45) is 2.31. The third-order valence-electron chi connectivity index (χ3n) is 6.85. The number of primary sulfonamides is 1. The van der Waals surface area contributed by atoms with Gasteiger partial charge in [0, 0.05) is 17.7 Å². The minimum Gasteiger partial charge on any atom is -0.347 e. The van der Waals surface area contributed by atoms with Crippen LogP contribution in [0.4, 0.5) is 8.78 Å². The first-order chi connectivity index (χ1) is 16.0. The molecule has 5 rings (SSSR count). The van der Waals surface area contributed by atoms with E-state index in [0.29, 0.717) is 6.54 Å². The molecule has 0 aromatic heterocycles. The highest BCUT2D eigenvalue weighted by molar-refractivity contribution is 7.89. The Bertz CT molecular complexity index is 1300. The van der Waals surface area contributed by atoms with Gasteiger partial charge in [0.15, 0.2) is 0 Å². The number of rotatable bonds is 6. The highest BCUT2D eigenvalue weighted by atomic mass is 35.5. The van der Waals surface area contributed by atoms with Gasteiger partial charge in [-0.05, 0) is 67.3 Å². The third-order valence-corrected chi connectivity index (χ3v) is 8.06. The van der Waals surface area contributed by atoms with Crippen LogP contribution in [-0.2, 0) is 14.8 Å². The van der Waals surface area contributed by atoms with Crippen LogP contribution in [0, 0.1) is 29.4 Å². The number of nitrogens with two attached hydrogens (primary N) is 1. The lowest BCUT2D eigenvalue weighted by molar-refractivity contribution is -0.126. The second-order valence-corrected chi connectivity index (χ2v) is 11.2. The van der Waals surface area contributed by atoms with Gasteiger partial charge in [0.25, 0.3) is 5.91 Å². The maximum atomic E-state index is 14.6. The van der Waals surface area contributed by atoms with E-state index in [4.69, 9.17) is 16.7 Å². The van der Waals surface area contributed by atoms with Gasteiger partial charge in [-0.3, -0.25) is 9.59 Å². The molecule has 1 heterocycles. The Morgan fingerprint density at radius 1 is 1.15 bits per heavy atom. The van der Waals surface area contributed by atoms with Crippen molar-refractivity contribution < 1.29 is 26.8 Å². The Hall–Kier alpha value is -2.56. The van der Waals surface area contributed by atoms with Crippen molar-refractivity contribution in [2.24, 2.45) is 22.9 Å². The van der Waals surface area contributed by atoms with Gasteiger partial charge in [0.1, 0.15) is 17.7 Å². The Morgan fingerprint density at radius 3 is 2.56 bits per heavy atom. The second kappa shape index (κ2) is 8.28. The number of fused-ring (bicyclic) bond motifs is 1. The fourth-order valence-corrected chi connectivity index (χ4v) is 5.59. The summed E-state index contributed by atoms with van der Waals surface area (Å²) >= 11 is 5.68. The molecule has 7 nitrogen and oxygen atoms in total. The summed E-state index contributed by atoms with van der Waals surface area (Å²) in [5.41, 5.74) is 0.136. The van der Waals surface area contributed by atoms with E-state index in [9.17, 15) is 26.8 Å². The molecule has 1 saturated heterocycles. The Morgan fingerprint density at radius 2 is 1.88 bits per heavy atom. The molecule has 1 aliphatic heterocycles. The van der Waals surface area contributed by atoms with Crippen molar-refractivity contribution in [1.82, 2.24) is 10.2 Å². The van der Waals surface area contributed by atoms with Gasteiger partial charge in [-0.2, -0.15) is 0 Å². The van der Waals surface area contributed by atoms with Crippen LogP contribution in [-0.4, -0.2) is 37.7 Å². The summed E-state index contributed by atoms with van der Waals surface area (Å²) in [7, 11) is -4.00. The third kappa shape index (κ3) is 4.30. The predicted molar refractivity (Wildman–Crippen MR) is 119 cm³/mol. The van der Waals surface area contributed by atoms with Crippen molar-refractivity contribution in [1.29, 1.82) is 0 Å². The molecule has 11 heteroatoms. The number of nitrogens with zero attached hydrogens (tertiary/aromatic N) is 1. The number of nitrogens with one attached hydrogen (secondary N) is 1. The van der Waals surface area contributed by atoms with Gasteiger partial charge in [-0.25, -0.2) is 22.3 Å². The summed E-state index contributed by atoms with van der Waals surface area (Å²) in [4.78, 5) is 27.8.